The Kier molecular flexibility index (Phi) is 5.15. The van der Waals surface area contributed by atoms with Gasteiger partial charge < -0.3 is 10.5 Å². The molecule has 0 fully saturated rings. The molecule has 0 aliphatic rings. The first-order chi connectivity index (χ1) is 9.60. The van der Waals surface area contributed by atoms with Gasteiger partial charge in [0.1, 0.15) is 12.4 Å². The minimum absolute atomic E-state index is 0.0536. The van der Waals surface area contributed by atoms with Gasteiger partial charge in [0, 0.05) is 11.4 Å². The lowest BCUT2D eigenvalue weighted by molar-refractivity contribution is 0.299. The van der Waals surface area contributed by atoms with E-state index < -0.39 is 0 Å². The second kappa shape index (κ2) is 6.86. The summed E-state index contributed by atoms with van der Waals surface area (Å²) in [4.78, 5) is 4.56. The molecule has 0 spiro atoms. The zero-order chi connectivity index (χ0) is 14.5. The van der Waals surface area contributed by atoms with E-state index >= 15 is 0 Å². The molecule has 0 unspecified atom stereocenters. The van der Waals surface area contributed by atoms with Gasteiger partial charge in [-0.25, -0.2) is 4.98 Å². The van der Waals surface area contributed by atoms with E-state index in [2.05, 4.69) is 23.4 Å². The van der Waals surface area contributed by atoms with Crippen molar-refractivity contribution < 1.29 is 4.74 Å². The van der Waals surface area contributed by atoms with Crippen LogP contribution in [0, 0.1) is 6.92 Å². The lowest BCUT2D eigenvalue weighted by atomic mass is 10.1. The number of benzene rings is 1. The predicted molar refractivity (Wildman–Crippen MR) is 84.2 cm³/mol. The Hall–Kier alpha value is -1.39. The number of hydrogen-bond acceptors (Lipinski definition) is 4. The monoisotopic (exact) mass is 290 g/mol. The van der Waals surface area contributed by atoms with Crippen LogP contribution in [0.3, 0.4) is 0 Å². The van der Waals surface area contributed by atoms with E-state index in [9.17, 15) is 0 Å². The van der Waals surface area contributed by atoms with Crippen LogP contribution in [0.2, 0.25) is 0 Å². The Morgan fingerprint density at radius 1 is 1.40 bits per heavy atom. The van der Waals surface area contributed by atoms with E-state index in [0.717, 1.165) is 35.4 Å². The van der Waals surface area contributed by atoms with Gasteiger partial charge in [0.25, 0.3) is 0 Å². The number of thiazole rings is 1. The van der Waals surface area contributed by atoms with Crippen molar-refractivity contribution in [3.05, 3.63) is 45.4 Å². The predicted octanol–water partition coefficient (Wildman–Crippen LogP) is 4.00. The van der Waals surface area contributed by atoms with Crippen LogP contribution in [0.25, 0.3) is 0 Å². The minimum Gasteiger partial charge on any atom is -0.487 e. The summed E-state index contributed by atoms with van der Waals surface area (Å²) in [6.07, 6.45) is 2.18. The Balaban J connectivity index is 1.99. The second-order valence-corrected chi connectivity index (χ2v) is 6.03. The summed E-state index contributed by atoms with van der Waals surface area (Å²) in [5.41, 5.74) is 9.14. The van der Waals surface area contributed by atoms with Gasteiger partial charge in [-0.15, -0.1) is 11.3 Å². The first-order valence-electron chi connectivity index (χ1n) is 7.02. The van der Waals surface area contributed by atoms with Crippen molar-refractivity contribution in [3.63, 3.8) is 0 Å². The highest BCUT2D eigenvalue weighted by molar-refractivity contribution is 7.09. The summed E-state index contributed by atoms with van der Waals surface area (Å²) in [5.74, 6) is 0.902. The molecule has 1 atom stereocenters. The van der Waals surface area contributed by atoms with Gasteiger partial charge in [0.05, 0.1) is 10.7 Å². The van der Waals surface area contributed by atoms with Gasteiger partial charge in [0.15, 0.2) is 0 Å². The number of nitrogens with two attached hydrogens (primary N) is 1. The highest BCUT2D eigenvalue weighted by Crippen LogP contribution is 2.23. The quantitative estimate of drug-likeness (QED) is 0.874. The Morgan fingerprint density at radius 3 is 2.85 bits per heavy atom. The van der Waals surface area contributed by atoms with Crippen LogP contribution in [-0.4, -0.2) is 4.98 Å². The third-order valence-corrected chi connectivity index (χ3v) is 4.12. The van der Waals surface area contributed by atoms with Crippen LogP contribution in [0.15, 0.2) is 23.6 Å². The fraction of sp³-hybridized carbons (Fsp3) is 0.438. The molecule has 2 aromatic rings. The van der Waals surface area contributed by atoms with Crippen molar-refractivity contribution >= 4 is 11.3 Å². The molecule has 3 nitrogen and oxygen atoms in total. The maximum absolute atomic E-state index is 5.88. The van der Waals surface area contributed by atoms with Crippen LogP contribution in [0.4, 0.5) is 0 Å². The van der Waals surface area contributed by atoms with Gasteiger partial charge in [-0.2, -0.15) is 0 Å². The van der Waals surface area contributed by atoms with E-state index in [1.54, 1.807) is 11.3 Å². The number of aromatic nitrogens is 1. The van der Waals surface area contributed by atoms with Crippen molar-refractivity contribution in [3.8, 4) is 5.75 Å². The molecule has 2 rings (SSSR count). The third kappa shape index (κ3) is 3.81. The van der Waals surface area contributed by atoms with Gasteiger partial charge in [-0.3, -0.25) is 0 Å². The Labute approximate surface area is 124 Å². The fourth-order valence-electron chi connectivity index (χ4n) is 2.01. The lowest BCUT2D eigenvalue weighted by Crippen LogP contribution is -2.05. The van der Waals surface area contributed by atoms with Gasteiger partial charge in [-0.1, -0.05) is 19.1 Å². The highest BCUT2D eigenvalue weighted by atomic mass is 32.1. The molecule has 1 heterocycles. The second-order valence-electron chi connectivity index (χ2n) is 5.08. The zero-order valence-corrected chi connectivity index (χ0v) is 13.2. The molecule has 0 saturated heterocycles. The number of aryl methyl sites for hydroxylation is 2. The standard InChI is InChI=1S/C16H22N2OS/c1-4-5-16-18-14(10-20-16)9-19-15-7-6-13(12(3)17)8-11(15)2/h6-8,10,12H,4-5,9,17H2,1-3H3/t12-/m1/s1. The van der Waals surface area contributed by atoms with Crippen molar-refractivity contribution in [2.24, 2.45) is 5.73 Å². The summed E-state index contributed by atoms with van der Waals surface area (Å²) >= 11 is 1.71. The Bertz CT molecular complexity index is 563. The average molecular weight is 290 g/mol. The molecular formula is C16H22N2OS. The summed E-state index contributed by atoms with van der Waals surface area (Å²) < 4.78 is 5.85. The van der Waals surface area contributed by atoms with Crippen molar-refractivity contribution in [1.82, 2.24) is 4.98 Å². The molecule has 0 aliphatic carbocycles. The smallest absolute Gasteiger partial charge is 0.131 e. The normalized spacial score (nSPS) is 12.4. The Morgan fingerprint density at radius 2 is 2.20 bits per heavy atom. The van der Waals surface area contributed by atoms with Crippen LogP contribution in [0.1, 0.15) is 48.1 Å². The SMILES string of the molecule is CCCc1nc(COc2ccc([C@@H](C)N)cc2C)cs1. The molecule has 0 saturated carbocycles. The number of rotatable bonds is 6. The number of ether oxygens (including phenoxy) is 1. The van der Waals surface area contributed by atoms with Crippen LogP contribution in [0.5, 0.6) is 5.75 Å². The fourth-order valence-corrected chi connectivity index (χ4v) is 2.90. The molecule has 1 aromatic heterocycles. The third-order valence-electron chi connectivity index (χ3n) is 3.16. The van der Waals surface area contributed by atoms with E-state index in [4.69, 9.17) is 10.5 Å². The first kappa shape index (κ1) is 15.0. The van der Waals surface area contributed by atoms with Crippen LogP contribution >= 0.6 is 11.3 Å². The van der Waals surface area contributed by atoms with Gasteiger partial charge in [0.2, 0.25) is 0 Å². The molecule has 0 amide bonds. The molecule has 20 heavy (non-hydrogen) atoms. The number of nitrogens with zero attached hydrogens (tertiary/aromatic N) is 1. The van der Waals surface area contributed by atoms with Crippen molar-refractivity contribution in [2.75, 3.05) is 0 Å². The van der Waals surface area contributed by atoms with Crippen LogP contribution in [-0.2, 0) is 13.0 Å². The maximum atomic E-state index is 5.88. The topological polar surface area (TPSA) is 48.1 Å². The molecule has 2 N–H and O–H groups in total. The molecule has 0 aliphatic heterocycles. The largest absolute Gasteiger partial charge is 0.487 e. The van der Waals surface area contributed by atoms with E-state index in [-0.39, 0.29) is 6.04 Å². The average Bonchev–Trinajstić information content (AvgIpc) is 2.85. The van der Waals surface area contributed by atoms with Crippen LogP contribution < -0.4 is 10.5 Å². The van der Waals surface area contributed by atoms with Gasteiger partial charge >= 0.3 is 0 Å². The molecule has 4 heteroatoms. The maximum Gasteiger partial charge on any atom is 0.131 e. The van der Waals surface area contributed by atoms with Crippen molar-refractivity contribution in [1.29, 1.82) is 0 Å². The molecule has 0 radical (unpaired) electrons. The summed E-state index contributed by atoms with van der Waals surface area (Å²) in [6, 6.07) is 6.16. The number of hydrogen-bond donors (Lipinski definition) is 1. The summed E-state index contributed by atoms with van der Waals surface area (Å²) in [7, 11) is 0. The molecule has 108 valence electrons. The molecule has 1 aromatic carbocycles. The minimum atomic E-state index is 0.0536. The van der Waals surface area contributed by atoms with Gasteiger partial charge in [-0.05, 0) is 43.9 Å². The summed E-state index contributed by atoms with van der Waals surface area (Å²) in [5, 5.41) is 3.27. The summed E-state index contributed by atoms with van der Waals surface area (Å²) in [6.45, 7) is 6.73. The first-order valence-corrected chi connectivity index (χ1v) is 7.90. The van der Waals surface area contributed by atoms with E-state index in [1.807, 2.05) is 26.0 Å². The van der Waals surface area contributed by atoms with Crippen molar-refractivity contribution in [2.45, 2.75) is 46.3 Å². The molecule has 0 bridgehead atoms. The van der Waals surface area contributed by atoms with E-state index in [0.29, 0.717) is 6.61 Å². The zero-order valence-electron chi connectivity index (χ0n) is 12.3. The van der Waals surface area contributed by atoms with E-state index in [1.165, 1.54) is 5.01 Å². The lowest BCUT2D eigenvalue weighted by Gasteiger charge is -2.11. The highest BCUT2D eigenvalue weighted by Gasteiger charge is 2.06. The molecular weight excluding hydrogens is 268 g/mol.